The number of nitrogens with zero attached hydrogens (tertiary/aromatic N) is 2. The van der Waals surface area contributed by atoms with E-state index in [1.54, 1.807) is 6.33 Å². The minimum Gasteiger partial charge on any atom is -0.481 e. The molecule has 0 atom stereocenters. The van der Waals surface area contributed by atoms with Crippen molar-refractivity contribution in [3.63, 3.8) is 0 Å². The standard InChI is InChI=1S/C17H26N2O4/c20-16(21)9-7-5-3-1-2-4-6-8-12-19-13-15(18-14-19)10-11-17(22)23/h10-11,13-14H,1-9,12H2,(H,20,21)(H,22,23)/b11-10+. The highest BCUT2D eigenvalue weighted by atomic mass is 16.4. The number of hydrogen-bond donors (Lipinski definition) is 2. The van der Waals surface area contributed by atoms with Crippen molar-refractivity contribution in [2.45, 2.75) is 64.3 Å². The Morgan fingerprint density at radius 2 is 1.61 bits per heavy atom. The Labute approximate surface area is 136 Å². The molecule has 0 bridgehead atoms. The molecule has 0 unspecified atom stereocenters. The van der Waals surface area contributed by atoms with Crippen LogP contribution in [0.1, 0.15) is 63.5 Å². The second kappa shape index (κ2) is 11.5. The van der Waals surface area contributed by atoms with Crippen molar-refractivity contribution in [3.05, 3.63) is 24.3 Å². The summed E-state index contributed by atoms with van der Waals surface area (Å²) in [4.78, 5) is 24.9. The quantitative estimate of drug-likeness (QED) is 0.428. The fourth-order valence-electron chi connectivity index (χ4n) is 2.37. The molecule has 1 aromatic heterocycles. The molecule has 1 rings (SSSR count). The lowest BCUT2D eigenvalue weighted by Crippen LogP contribution is -1.94. The molecular weight excluding hydrogens is 296 g/mol. The van der Waals surface area contributed by atoms with Gasteiger partial charge in [-0.15, -0.1) is 0 Å². The van der Waals surface area contributed by atoms with Crippen molar-refractivity contribution >= 4 is 18.0 Å². The van der Waals surface area contributed by atoms with E-state index in [-0.39, 0.29) is 6.42 Å². The molecule has 6 heteroatoms. The number of unbranched alkanes of at least 4 members (excludes halogenated alkanes) is 7. The summed E-state index contributed by atoms with van der Waals surface area (Å²) in [5, 5.41) is 17.1. The lowest BCUT2D eigenvalue weighted by atomic mass is 10.1. The Hall–Kier alpha value is -2.11. The van der Waals surface area contributed by atoms with Gasteiger partial charge in [-0.25, -0.2) is 9.78 Å². The van der Waals surface area contributed by atoms with Gasteiger partial charge in [-0.2, -0.15) is 0 Å². The Kier molecular flexibility index (Phi) is 9.43. The molecule has 1 aromatic rings. The third-order valence-electron chi connectivity index (χ3n) is 3.61. The van der Waals surface area contributed by atoms with Crippen molar-refractivity contribution in [3.8, 4) is 0 Å². The molecule has 1 heterocycles. The van der Waals surface area contributed by atoms with Gasteiger partial charge in [0, 0.05) is 25.2 Å². The largest absolute Gasteiger partial charge is 0.481 e. The Morgan fingerprint density at radius 1 is 1.00 bits per heavy atom. The molecule has 0 spiro atoms. The van der Waals surface area contributed by atoms with Gasteiger partial charge in [0.25, 0.3) is 0 Å². The average Bonchev–Trinajstić information content (AvgIpc) is 2.94. The second-order valence-corrected chi connectivity index (χ2v) is 5.68. The monoisotopic (exact) mass is 322 g/mol. The molecule has 23 heavy (non-hydrogen) atoms. The summed E-state index contributed by atoms with van der Waals surface area (Å²) in [6.45, 7) is 0.895. The van der Waals surface area contributed by atoms with Crippen LogP contribution in [0.2, 0.25) is 0 Å². The van der Waals surface area contributed by atoms with Gasteiger partial charge in [0.05, 0.1) is 12.0 Å². The first-order valence-electron chi connectivity index (χ1n) is 8.22. The van der Waals surface area contributed by atoms with Crippen LogP contribution in [0.3, 0.4) is 0 Å². The molecule has 0 aliphatic heterocycles. The first-order valence-corrected chi connectivity index (χ1v) is 8.22. The minimum atomic E-state index is -0.970. The van der Waals surface area contributed by atoms with Crippen LogP contribution in [-0.2, 0) is 16.1 Å². The van der Waals surface area contributed by atoms with Gasteiger partial charge in [-0.05, 0) is 18.9 Å². The normalized spacial score (nSPS) is 11.1. The number of aromatic nitrogens is 2. The van der Waals surface area contributed by atoms with Gasteiger partial charge in [0.2, 0.25) is 0 Å². The highest BCUT2D eigenvalue weighted by Gasteiger charge is 1.98. The van der Waals surface area contributed by atoms with E-state index in [0.717, 1.165) is 44.7 Å². The molecular formula is C17H26N2O4. The van der Waals surface area contributed by atoms with Crippen molar-refractivity contribution in [1.29, 1.82) is 0 Å². The van der Waals surface area contributed by atoms with Crippen LogP contribution in [0.4, 0.5) is 0 Å². The van der Waals surface area contributed by atoms with E-state index in [4.69, 9.17) is 10.2 Å². The lowest BCUT2D eigenvalue weighted by Gasteiger charge is -2.03. The Balaban J connectivity index is 1.99. The smallest absolute Gasteiger partial charge is 0.328 e. The SMILES string of the molecule is O=C(O)/C=C/c1cn(CCCCCCCCCCC(=O)O)cn1. The predicted molar refractivity (Wildman–Crippen MR) is 88.1 cm³/mol. The molecule has 0 fully saturated rings. The summed E-state index contributed by atoms with van der Waals surface area (Å²) in [5.74, 6) is -1.67. The molecule has 0 aliphatic carbocycles. The van der Waals surface area contributed by atoms with Crippen LogP contribution in [0.5, 0.6) is 0 Å². The zero-order chi connectivity index (χ0) is 16.9. The van der Waals surface area contributed by atoms with Crippen LogP contribution in [0, 0.1) is 0 Å². The zero-order valence-electron chi connectivity index (χ0n) is 13.5. The maximum absolute atomic E-state index is 10.4. The van der Waals surface area contributed by atoms with Gasteiger partial charge in [0.1, 0.15) is 0 Å². The topological polar surface area (TPSA) is 92.4 Å². The lowest BCUT2D eigenvalue weighted by molar-refractivity contribution is -0.137. The summed E-state index contributed by atoms with van der Waals surface area (Å²) < 4.78 is 1.98. The molecule has 0 aliphatic rings. The summed E-state index contributed by atoms with van der Waals surface area (Å²) in [5.41, 5.74) is 0.661. The fourth-order valence-corrected chi connectivity index (χ4v) is 2.37. The van der Waals surface area contributed by atoms with Crippen molar-refractivity contribution in [2.24, 2.45) is 0 Å². The van der Waals surface area contributed by atoms with E-state index in [1.807, 2.05) is 10.8 Å². The number of aliphatic carboxylic acids is 2. The third kappa shape index (κ3) is 10.3. The molecule has 6 nitrogen and oxygen atoms in total. The van der Waals surface area contributed by atoms with Crippen molar-refractivity contribution in [2.75, 3.05) is 0 Å². The van der Waals surface area contributed by atoms with Crippen molar-refractivity contribution < 1.29 is 19.8 Å². The maximum Gasteiger partial charge on any atom is 0.328 e. The highest BCUT2D eigenvalue weighted by molar-refractivity contribution is 5.84. The van der Waals surface area contributed by atoms with Crippen LogP contribution in [0.15, 0.2) is 18.6 Å². The van der Waals surface area contributed by atoms with Crippen LogP contribution >= 0.6 is 0 Å². The number of carbonyl (C=O) groups is 2. The number of hydrogen-bond acceptors (Lipinski definition) is 3. The summed E-state index contributed by atoms with van der Waals surface area (Å²) in [6, 6.07) is 0. The third-order valence-corrected chi connectivity index (χ3v) is 3.61. The number of aryl methyl sites for hydroxylation is 1. The molecule has 2 N–H and O–H groups in total. The number of carboxylic acid groups (broad SMARTS) is 2. The summed E-state index contributed by atoms with van der Waals surface area (Å²) >= 11 is 0. The van der Waals surface area contributed by atoms with Gasteiger partial charge < -0.3 is 14.8 Å². The average molecular weight is 322 g/mol. The van der Waals surface area contributed by atoms with E-state index >= 15 is 0 Å². The Bertz CT molecular complexity index is 508. The fraction of sp³-hybridized carbons (Fsp3) is 0.588. The van der Waals surface area contributed by atoms with Crippen LogP contribution in [0.25, 0.3) is 6.08 Å². The van der Waals surface area contributed by atoms with Crippen LogP contribution in [-0.4, -0.2) is 31.7 Å². The molecule has 128 valence electrons. The van der Waals surface area contributed by atoms with E-state index < -0.39 is 11.9 Å². The Morgan fingerprint density at radius 3 is 2.22 bits per heavy atom. The molecule has 0 saturated heterocycles. The van der Waals surface area contributed by atoms with Gasteiger partial charge in [-0.1, -0.05) is 38.5 Å². The van der Waals surface area contributed by atoms with Gasteiger partial charge in [-0.3, -0.25) is 4.79 Å². The second-order valence-electron chi connectivity index (χ2n) is 5.68. The van der Waals surface area contributed by atoms with Gasteiger partial charge in [0.15, 0.2) is 0 Å². The van der Waals surface area contributed by atoms with E-state index in [9.17, 15) is 9.59 Å². The summed E-state index contributed by atoms with van der Waals surface area (Å²) in [6.07, 6.45) is 15.2. The number of rotatable bonds is 13. The first-order chi connectivity index (χ1) is 11.1. The molecule has 0 radical (unpaired) electrons. The maximum atomic E-state index is 10.4. The van der Waals surface area contributed by atoms with E-state index in [1.165, 1.54) is 25.3 Å². The summed E-state index contributed by atoms with van der Waals surface area (Å²) in [7, 11) is 0. The minimum absolute atomic E-state index is 0.286. The van der Waals surface area contributed by atoms with E-state index in [2.05, 4.69) is 4.98 Å². The zero-order valence-corrected chi connectivity index (χ0v) is 13.5. The van der Waals surface area contributed by atoms with Crippen molar-refractivity contribution in [1.82, 2.24) is 9.55 Å². The number of imidazole rings is 1. The molecule has 0 saturated carbocycles. The van der Waals surface area contributed by atoms with Crippen LogP contribution < -0.4 is 0 Å². The van der Waals surface area contributed by atoms with E-state index in [0.29, 0.717) is 5.69 Å². The molecule has 0 amide bonds. The molecule has 0 aromatic carbocycles. The highest BCUT2D eigenvalue weighted by Crippen LogP contribution is 2.10. The predicted octanol–water partition coefficient (Wildman–Crippen LogP) is 3.58. The van der Waals surface area contributed by atoms with Gasteiger partial charge >= 0.3 is 11.9 Å². The first kappa shape index (κ1) is 18.9. The number of carboxylic acids is 2.